The summed E-state index contributed by atoms with van der Waals surface area (Å²) in [4.78, 5) is 13.8. The standard InChI is InChI=1S/C15H22N2O3/c1-3-20-14(18)12-7-6-8-13(11-12)17-10-5-4-9-15(17,16)19-2/h6-8,11H,3-5,9-10,16H2,1-2H3. The molecule has 0 amide bonds. The van der Waals surface area contributed by atoms with Gasteiger partial charge in [0.2, 0.25) is 0 Å². The Labute approximate surface area is 119 Å². The van der Waals surface area contributed by atoms with Crippen LogP contribution >= 0.6 is 0 Å². The van der Waals surface area contributed by atoms with Gasteiger partial charge in [-0.05, 0) is 38.0 Å². The first kappa shape index (κ1) is 14.8. The third-order valence-corrected chi connectivity index (χ3v) is 3.65. The number of carbonyl (C=O) groups excluding carboxylic acids is 1. The number of hydrogen-bond donors (Lipinski definition) is 1. The molecule has 1 unspecified atom stereocenters. The Balaban J connectivity index is 2.27. The molecule has 0 aromatic heterocycles. The number of rotatable bonds is 4. The molecule has 5 heteroatoms. The van der Waals surface area contributed by atoms with Crippen molar-refractivity contribution in [2.75, 3.05) is 25.2 Å². The highest BCUT2D eigenvalue weighted by atomic mass is 16.5. The van der Waals surface area contributed by atoms with Gasteiger partial charge in [0.15, 0.2) is 5.85 Å². The summed E-state index contributed by atoms with van der Waals surface area (Å²) in [7, 11) is 1.62. The Bertz CT molecular complexity index is 478. The van der Waals surface area contributed by atoms with Gasteiger partial charge >= 0.3 is 5.97 Å². The molecule has 0 aliphatic carbocycles. The Hall–Kier alpha value is -1.59. The first-order valence-electron chi connectivity index (χ1n) is 6.99. The Morgan fingerprint density at radius 3 is 2.95 bits per heavy atom. The van der Waals surface area contributed by atoms with E-state index in [1.165, 1.54) is 0 Å². The molecule has 2 rings (SSSR count). The smallest absolute Gasteiger partial charge is 0.338 e. The third-order valence-electron chi connectivity index (χ3n) is 3.65. The zero-order valence-corrected chi connectivity index (χ0v) is 12.1. The molecule has 0 radical (unpaired) electrons. The van der Waals surface area contributed by atoms with Gasteiger partial charge in [0.05, 0.1) is 12.2 Å². The maximum Gasteiger partial charge on any atom is 0.338 e. The molecule has 0 saturated carbocycles. The van der Waals surface area contributed by atoms with Gasteiger partial charge < -0.3 is 14.4 Å². The third kappa shape index (κ3) is 2.94. The van der Waals surface area contributed by atoms with Crippen LogP contribution in [0.4, 0.5) is 5.69 Å². The van der Waals surface area contributed by atoms with Crippen LogP contribution in [0.2, 0.25) is 0 Å². The number of carbonyl (C=O) groups is 1. The number of benzene rings is 1. The minimum Gasteiger partial charge on any atom is -0.462 e. The molecule has 20 heavy (non-hydrogen) atoms. The molecule has 1 fully saturated rings. The molecular formula is C15H22N2O3. The zero-order chi connectivity index (χ0) is 14.6. The number of hydrogen-bond acceptors (Lipinski definition) is 5. The van der Waals surface area contributed by atoms with Crippen molar-refractivity contribution in [2.45, 2.75) is 32.0 Å². The van der Waals surface area contributed by atoms with Gasteiger partial charge in [-0.15, -0.1) is 0 Å². The molecule has 2 N–H and O–H groups in total. The number of ether oxygens (including phenoxy) is 2. The van der Waals surface area contributed by atoms with Crippen molar-refractivity contribution in [1.82, 2.24) is 0 Å². The summed E-state index contributed by atoms with van der Waals surface area (Å²) >= 11 is 0. The van der Waals surface area contributed by atoms with Gasteiger partial charge in [-0.2, -0.15) is 0 Å². The number of piperidine rings is 1. The number of anilines is 1. The zero-order valence-electron chi connectivity index (χ0n) is 12.1. The molecule has 5 nitrogen and oxygen atoms in total. The van der Waals surface area contributed by atoms with E-state index in [9.17, 15) is 4.79 Å². The van der Waals surface area contributed by atoms with E-state index in [1.807, 2.05) is 23.1 Å². The Morgan fingerprint density at radius 1 is 1.45 bits per heavy atom. The first-order chi connectivity index (χ1) is 9.60. The molecule has 0 bridgehead atoms. The van der Waals surface area contributed by atoms with Crippen LogP contribution in [0.5, 0.6) is 0 Å². The summed E-state index contributed by atoms with van der Waals surface area (Å²) in [6.45, 7) is 2.98. The lowest BCUT2D eigenvalue weighted by Gasteiger charge is -2.44. The van der Waals surface area contributed by atoms with Crippen molar-refractivity contribution in [3.8, 4) is 0 Å². The van der Waals surface area contributed by atoms with E-state index in [0.717, 1.165) is 31.5 Å². The number of esters is 1. The minimum atomic E-state index is -0.800. The van der Waals surface area contributed by atoms with Crippen molar-refractivity contribution in [1.29, 1.82) is 0 Å². The van der Waals surface area contributed by atoms with E-state index in [2.05, 4.69) is 0 Å². The fourth-order valence-electron chi connectivity index (χ4n) is 2.55. The monoisotopic (exact) mass is 278 g/mol. The average molecular weight is 278 g/mol. The maximum absolute atomic E-state index is 11.8. The van der Waals surface area contributed by atoms with Crippen LogP contribution in [-0.2, 0) is 9.47 Å². The summed E-state index contributed by atoms with van der Waals surface area (Å²) in [5.41, 5.74) is 7.73. The summed E-state index contributed by atoms with van der Waals surface area (Å²) in [6.07, 6.45) is 2.87. The van der Waals surface area contributed by atoms with E-state index >= 15 is 0 Å². The average Bonchev–Trinajstić information content (AvgIpc) is 2.48. The van der Waals surface area contributed by atoms with Crippen molar-refractivity contribution >= 4 is 11.7 Å². The van der Waals surface area contributed by atoms with Crippen molar-refractivity contribution < 1.29 is 14.3 Å². The molecule has 1 saturated heterocycles. The van der Waals surface area contributed by atoms with Gasteiger partial charge in [0.25, 0.3) is 0 Å². The summed E-state index contributed by atoms with van der Waals surface area (Å²) in [5, 5.41) is 0. The fraction of sp³-hybridized carbons (Fsp3) is 0.533. The topological polar surface area (TPSA) is 64.8 Å². The van der Waals surface area contributed by atoms with Crippen LogP contribution < -0.4 is 10.6 Å². The summed E-state index contributed by atoms with van der Waals surface area (Å²) in [5.74, 6) is -1.11. The molecule has 1 heterocycles. The van der Waals surface area contributed by atoms with Crippen LogP contribution in [0.25, 0.3) is 0 Å². The fourth-order valence-corrected chi connectivity index (χ4v) is 2.55. The van der Waals surface area contributed by atoms with Crippen molar-refractivity contribution in [3.05, 3.63) is 29.8 Å². The van der Waals surface area contributed by atoms with Crippen LogP contribution in [0.15, 0.2) is 24.3 Å². The quantitative estimate of drug-likeness (QED) is 0.675. The van der Waals surface area contributed by atoms with Crippen LogP contribution in [0.3, 0.4) is 0 Å². The lowest BCUT2D eigenvalue weighted by atomic mass is 10.0. The van der Waals surface area contributed by atoms with Crippen LogP contribution in [0.1, 0.15) is 36.5 Å². The van der Waals surface area contributed by atoms with Crippen molar-refractivity contribution in [3.63, 3.8) is 0 Å². The Kier molecular flexibility index (Phi) is 4.62. The predicted octanol–water partition coefficient (Wildman–Crippen LogP) is 2.11. The van der Waals surface area contributed by atoms with E-state index in [1.54, 1.807) is 20.1 Å². The van der Waals surface area contributed by atoms with E-state index in [4.69, 9.17) is 15.2 Å². The Morgan fingerprint density at radius 2 is 2.25 bits per heavy atom. The minimum absolute atomic E-state index is 0.314. The van der Waals surface area contributed by atoms with E-state index in [0.29, 0.717) is 12.2 Å². The molecule has 1 aliphatic heterocycles. The number of nitrogens with two attached hydrogens (primary N) is 1. The molecule has 1 aromatic carbocycles. The number of nitrogens with zero attached hydrogens (tertiary/aromatic N) is 1. The lowest BCUT2D eigenvalue weighted by Crippen LogP contribution is -2.60. The molecular weight excluding hydrogens is 256 g/mol. The molecule has 1 aliphatic rings. The van der Waals surface area contributed by atoms with Crippen LogP contribution in [0, 0.1) is 0 Å². The van der Waals surface area contributed by atoms with Gasteiger partial charge in [-0.3, -0.25) is 5.73 Å². The SMILES string of the molecule is CCOC(=O)c1cccc(N2CCCCC2(N)OC)c1. The molecule has 110 valence electrons. The maximum atomic E-state index is 11.8. The predicted molar refractivity (Wildman–Crippen MR) is 77.5 cm³/mol. The summed E-state index contributed by atoms with van der Waals surface area (Å²) in [6, 6.07) is 7.33. The lowest BCUT2D eigenvalue weighted by molar-refractivity contribution is -0.0263. The normalized spacial score (nSPS) is 22.6. The van der Waals surface area contributed by atoms with Gasteiger partial charge in [0.1, 0.15) is 0 Å². The second kappa shape index (κ2) is 6.24. The second-order valence-electron chi connectivity index (χ2n) is 4.93. The largest absolute Gasteiger partial charge is 0.462 e. The van der Waals surface area contributed by atoms with Crippen LogP contribution in [-0.4, -0.2) is 32.1 Å². The first-order valence-corrected chi connectivity index (χ1v) is 6.99. The highest BCUT2D eigenvalue weighted by Gasteiger charge is 2.35. The van der Waals surface area contributed by atoms with Gasteiger partial charge in [-0.25, -0.2) is 4.79 Å². The molecule has 1 aromatic rings. The molecule has 0 spiro atoms. The summed E-state index contributed by atoms with van der Waals surface area (Å²) < 4.78 is 10.5. The second-order valence-corrected chi connectivity index (χ2v) is 4.93. The highest BCUT2D eigenvalue weighted by molar-refractivity contribution is 5.90. The molecule has 1 atom stereocenters. The van der Waals surface area contributed by atoms with E-state index in [-0.39, 0.29) is 5.97 Å². The van der Waals surface area contributed by atoms with Crippen molar-refractivity contribution in [2.24, 2.45) is 5.73 Å². The number of methoxy groups -OCH3 is 1. The van der Waals surface area contributed by atoms with Gasteiger partial charge in [-0.1, -0.05) is 6.07 Å². The highest BCUT2D eigenvalue weighted by Crippen LogP contribution is 2.30. The van der Waals surface area contributed by atoms with Gasteiger partial charge in [0, 0.05) is 25.8 Å². The van der Waals surface area contributed by atoms with E-state index < -0.39 is 5.85 Å².